The fourth-order valence-corrected chi connectivity index (χ4v) is 1.50. The van der Waals surface area contributed by atoms with Crippen LogP contribution < -0.4 is 11.3 Å². The van der Waals surface area contributed by atoms with Crippen molar-refractivity contribution in [3.05, 3.63) is 35.6 Å². The zero-order valence-electron chi connectivity index (χ0n) is 9.96. The second-order valence-electron chi connectivity index (χ2n) is 4.36. The normalized spacial score (nSPS) is 13.8. The molecule has 0 aliphatic heterocycles. The minimum atomic E-state index is -0.372. The van der Waals surface area contributed by atoms with Gasteiger partial charge in [0.15, 0.2) is 0 Å². The van der Waals surface area contributed by atoms with Gasteiger partial charge in [0.25, 0.3) is 0 Å². The third kappa shape index (κ3) is 3.27. The lowest BCUT2D eigenvalue weighted by atomic mass is 9.93. The first kappa shape index (κ1) is 13.1. The van der Waals surface area contributed by atoms with E-state index in [1.165, 1.54) is 12.1 Å². The molecule has 0 aliphatic rings. The summed E-state index contributed by atoms with van der Waals surface area (Å²) in [6.45, 7) is 3.92. The number of nitrogens with one attached hydrogen (secondary N) is 1. The predicted molar refractivity (Wildman–Crippen MR) is 62.3 cm³/mol. The lowest BCUT2D eigenvalue weighted by Crippen LogP contribution is -2.52. The average molecular weight is 226 g/mol. The molecule has 0 fully saturated rings. The number of methoxy groups -OCH3 is 1. The van der Waals surface area contributed by atoms with Crippen molar-refractivity contribution in [1.82, 2.24) is 5.43 Å². The maximum Gasteiger partial charge on any atom is 0.123 e. The highest BCUT2D eigenvalue weighted by molar-refractivity contribution is 5.18. The van der Waals surface area contributed by atoms with E-state index in [4.69, 9.17) is 10.6 Å². The summed E-state index contributed by atoms with van der Waals surface area (Å²) in [5.74, 6) is 5.28. The number of benzene rings is 1. The van der Waals surface area contributed by atoms with Gasteiger partial charge in [-0.2, -0.15) is 0 Å². The van der Waals surface area contributed by atoms with E-state index in [1.54, 1.807) is 19.2 Å². The summed E-state index contributed by atoms with van der Waals surface area (Å²) < 4.78 is 18.1. The van der Waals surface area contributed by atoms with Crippen LogP contribution in [0.3, 0.4) is 0 Å². The molecule has 0 saturated heterocycles. The van der Waals surface area contributed by atoms with Crippen LogP contribution in [0.5, 0.6) is 0 Å². The van der Waals surface area contributed by atoms with E-state index in [9.17, 15) is 4.39 Å². The number of hydrogen-bond acceptors (Lipinski definition) is 3. The molecule has 1 aromatic carbocycles. The molecular weight excluding hydrogens is 207 g/mol. The van der Waals surface area contributed by atoms with Gasteiger partial charge in [-0.15, -0.1) is 0 Å². The highest BCUT2D eigenvalue weighted by Gasteiger charge is 2.28. The molecule has 0 bridgehead atoms. The molecule has 0 aliphatic carbocycles. The van der Waals surface area contributed by atoms with Crippen molar-refractivity contribution in [2.24, 2.45) is 5.84 Å². The molecule has 16 heavy (non-hydrogen) atoms. The molecule has 3 N–H and O–H groups in total. The molecule has 1 unspecified atom stereocenters. The summed E-state index contributed by atoms with van der Waals surface area (Å²) in [6, 6.07) is 6.38. The Bertz CT molecular complexity index is 324. The second kappa shape index (κ2) is 5.39. The van der Waals surface area contributed by atoms with E-state index >= 15 is 0 Å². The summed E-state index contributed by atoms with van der Waals surface area (Å²) in [6.07, 6.45) is 0.692. The Hall–Kier alpha value is -0.970. The highest BCUT2D eigenvalue weighted by atomic mass is 19.1. The van der Waals surface area contributed by atoms with Crippen LogP contribution in [0.4, 0.5) is 4.39 Å². The van der Waals surface area contributed by atoms with E-state index in [-0.39, 0.29) is 17.5 Å². The number of halogens is 1. The SMILES string of the molecule is COC(C)(C)C(Cc1ccc(F)cc1)NN. The number of hydrogen-bond donors (Lipinski definition) is 2. The lowest BCUT2D eigenvalue weighted by molar-refractivity contribution is -0.0101. The van der Waals surface area contributed by atoms with Crippen molar-refractivity contribution in [2.75, 3.05) is 7.11 Å². The van der Waals surface area contributed by atoms with Crippen LogP contribution in [0.1, 0.15) is 19.4 Å². The third-order valence-electron chi connectivity index (χ3n) is 2.92. The van der Waals surface area contributed by atoms with Crippen LogP contribution in [0.2, 0.25) is 0 Å². The Morgan fingerprint density at radius 1 is 1.38 bits per heavy atom. The number of nitrogens with two attached hydrogens (primary N) is 1. The summed E-state index contributed by atoms with van der Waals surface area (Å²) in [4.78, 5) is 0. The van der Waals surface area contributed by atoms with Gasteiger partial charge in [-0.25, -0.2) is 4.39 Å². The Labute approximate surface area is 95.8 Å². The molecular formula is C12H19FN2O. The molecule has 0 amide bonds. The Morgan fingerprint density at radius 3 is 2.38 bits per heavy atom. The molecule has 4 heteroatoms. The fraction of sp³-hybridized carbons (Fsp3) is 0.500. The summed E-state index contributed by atoms with van der Waals surface area (Å²) in [5, 5.41) is 0. The minimum Gasteiger partial charge on any atom is -0.377 e. The molecule has 3 nitrogen and oxygen atoms in total. The van der Waals surface area contributed by atoms with Gasteiger partial charge in [-0.05, 0) is 38.0 Å². The molecule has 0 spiro atoms. The Balaban J connectivity index is 2.74. The zero-order valence-corrected chi connectivity index (χ0v) is 9.96. The minimum absolute atomic E-state index is 0.0250. The van der Waals surface area contributed by atoms with Crippen molar-refractivity contribution in [1.29, 1.82) is 0 Å². The molecule has 0 heterocycles. The topological polar surface area (TPSA) is 47.3 Å². The molecule has 1 rings (SSSR count). The van der Waals surface area contributed by atoms with E-state index < -0.39 is 0 Å². The van der Waals surface area contributed by atoms with Crippen LogP contribution in [-0.2, 0) is 11.2 Å². The smallest absolute Gasteiger partial charge is 0.123 e. The zero-order chi connectivity index (χ0) is 12.2. The number of ether oxygens (including phenoxy) is 1. The first-order chi connectivity index (χ1) is 7.49. The highest BCUT2D eigenvalue weighted by Crippen LogP contribution is 2.17. The van der Waals surface area contributed by atoms with Gasteiger partial charge in [0.2, 0.25) is 0 Å². The summed E-state index contributed by atoms with van der Waals surface area (Å²) in [7, 11) is 1.65. The van der Waals surface area contributed by atoms with Gasteiger partial charge in [0, 0.05) is 7.11 Å². The van der Waals surface area contributed by atoms with Crippen LogP contribution >= 0.6 is 0 Å². The average Bonchev–Trinajstić information content (AvgIpc) is 2.28. The van der Waals surface area contributed by atoms with Crippen molar-refractivity contribution in [2.45, 2.75) is 31.9 Å². The van der Waals surface area contributed by atoms with E-state index in [0.717, 1.165) is 5.56 Å². The van der Waals surface area contributed by atoms with Crippen molar-refractivity contribution < 1.29 is 9.13 Å². The first-order valence-electron chi connectivity index (χ1n) is 5.25. The summed E-state index contributed by atoms with van der Waals surface area (Å²) in [5.41, 5.74) is 3.39. The fourth-order valence-electron chi connectivity index (χ4n) is 1.50. The van der Waals surface area contributed by atoms with Crippen molar-refractivity contribution in [3.63, 3.8) is 0 Å². The first-order valence-corrected chi connectivity index (χ1v) is 5.25. The van der Waals surface area contributed by atoms with Crippen molar-refractivity contribution in [3.8, 4) is 0 Å². The maximum absolute atomic E-state index is 12.7. The van der Waals surface area contributed by atoms with E-state index in [2.05, 4.69) is 5.43 Å². The molecule has 0 saturated carbocycles. The van der Waals surface area contributed by atoms with E-state index in [0.29, 0.717) is 6.42 Å². The number of hydrazine groups is 1. The van der Waals surface area contributed by atoms with Gasteiger partial charge in [-0.1, -0.05) is 12.1 Å². The maximum atomic E-state index is 12.7. The molecule has 0 radical (unpaired) electrons. The molecule has 0 aromatic heterocycles. The van der Waals surface area contributed by atoms with Gasteiger partial charge in [0.1, 0.15) is 5.82 Å². The standard InChI is InChI=1S/C12H19FN2O/c1-12(2,16-3)11(15-14)8-9-4-6-10(13)7-5-9/h4-7,11,15H,8,14H2,1-3H3. The predicted octanol–water partition coefficient (Wildman–Crippen LogP) is 1.63. The van der Waals surface area contributed by atoms with Gasteiger partial charge in [-0.3, -0.25) is 11.3 Å². The lowest BCUT2D eigenvalue weighted by Gasteiger charge is -2.32. The largest absolute Gasteiger partial charge is 0.377 e. The van der Waals surface area contributed by atoms with Crippen LogP contribution in [0.15, 0.2) is 24.3 Å². The van der Waals surface area contributed by atoms with Crippen LogP contribution in [-0.4, -0.2) is 18.8 Å². The Morgan fingerprint density at radius 2 is 1.94 bits per heavy atom. The second-order valence-corrected chi connectivity index (χ2v) is 4.36. The third-order valence-corrected chi connectivity index (χ3v) is 2.92. The van der Waals surface area contributed by atoms with Gasteiger partial charge in [0.05, 0.1) is 11.6 Å². The Kier molecular flexibility index (Phi) is 4.41. The number of rotatable bonds is 5. The molecule has 90 valence electrons. The van der Waals surface area contributed by atoms with Gasteiger partial charge < -0.3 is 4.74 Å². The van der Waals surface area contributed by atoms with Crippen LogP contribution in [0.25, 0.3) is 0 Å². The quantitative estimate of drug-likeness (QED) is 0.592. The summed E-state index contributed by atoms with van der Waals surface area (Å²) >= 11 is 0. The van der Waals surface area contributed by atoms with Crippen LogP contribution in [0, 0.1) is 5.82 Å². The van der Waals surface area contributed by atoms with Gasteiger partial charge >= 0.3 is 0 Å². The monoisotopic (exact) mass is 226 g/mol. The molecule has 1 aromatic rings. The van der Waals surface area contributed by atoms with E-state index in [1.807, 2.05) is 13.8 Å². The molecule has 1 atom stereocenters. The van der Waals surface area contributed by atoms with Crippen molar-refractivity contribution >= 4 is 0 Å².